The van der Waals surface area contributed by atoms with Gasteiger partial charge in [0.1, 0.15) is 5.82 Å². The van der Waals surface area contributed by atoms with Crippen molar-refractivity contribution < 1.29 is 4.79 Å². The Bertz CT molecular complexity index is 1380. The van der Waals surface area contributed by atoms with E-state index in [0.29, 0.717) is 11.6 Å². The maximum Gasteiger partial charge on any atom is 0.168 e. The highest BCUT2D eigenvalue weighted by molar-refractivity contribution is 5.98. The molecule has 1 saturated heterocycles. The van der Waals surface area contributed by atoms with Crippen LogP contribution in [0.15, 0.2) is 60.9 Å². The first-order valence-corrected chi connectivity index (χ1v) is 12.6. The Kier molecular flexibility index (Phi) is 7.00. The number of piperidine rings is 1. The predicted molar refractivity (Wildman–Crippen MR) is 143 cm³/mol. The first kappa shape index (κ1) is 24.0. The van der Waals surface area contributed by atoms with E-state index in [1.54, 1.807) is 12.4 Å². The Labute approximate surface area is 212 Å². The fraction of sp³-hybridized carbons (Fsp3) is 0.345. The van der Waals surface area contributed by atoms with Gasteiger partial charge in [0.25, 0.3) is 0 Å². The van der Waals surface area contributed by atoms with Gasteiger partial charge >= 0.3 is 0 Å². The van der Waals surface area contributed by atoms with Gasteiger partial charge in [0.15, 0.2) is 5.78 Å². The minimum Gasteiger partial charge on any atom is -0.367 e. The van der Waals surface area contributed by atoms with Gasteiger partial charge in [0.05, 0.1) is 35.7 Å². The standard InChI is InChI=1S/C29H32N6O/c1-19(2)31-29-18-30-17-27(32-29)22-7-8-26-24(14-22)15-25(33-34-26)16-28(36)23-6-4-5-21(13-23)20-9-11-35(3)12-10-20/h4-8,13-15,17-20H,9-12,16H2,1-3H3,(H,31,32). The number of benzene rings is 2. The normalized spacial score (nSPS) is 14.9. The van der Waals surface area contributed by atoms with Crippen LogP contribution in [0.1, 0.15) is 54.2 Å². The predicted octanol–water partition coefficient (Wildman–Crippen LogP) is 5.14. The third-order valence-electron chi connectivity index (χ3n) is 6.74. The maximum absolute atomic E-state index is 13.1. The summed E-state index contributed by atoms with van der Waals surface area (Å²) in [6.45, 7) is 6.33. The molecule has 36 heavy (non-hydrogen) atoms. The third-order valence-corrected chi connectivity index (χ3v) is 6.74. The highest BCUT2D eigenvalue weighted by atomic mass is 16.1. The quantitative estimate of drug-likeness (QED) is 0.367. The lowest BCUT2D eigenvalue weighted by Crippen LogP contribution is -2.29. The molecule has 0 bridgehead atoms. The zero-order valence-corrected chi connectivity index (χ0v) is 21.1. The number of likely N-dealkylation sites (tertiary alicyclic amines) is 1. The molecule has 4 aromatic rings. The fourth-order valence-electron chi connectivity index (χ4n) is 4.78. The van der Waals surface area contributed by atoms with Crippen LogP contribution in [0, 0.1) is 0 Å². The molecular weight excluding hydrogens is 448 g/mol. The van der Waals surface area contributed by atoms with Crippen LogP contribution in [0.25, 0.3) is 22.2 Å². The first-order chi connectivity index (χ1) is 17.4. The van der Waals surface area contributed by atoms with Gasteiger partial charge in [0, 0.05) is 22.6 Å². The molecule has 0 radical (unpaired) electrons. The second kappa shape index (κ2) is 10.5. The molecule has 0 spiro atoms. The highest BCUT2D eigenvalue weighted by Gasteiger charge is 2.19. The Morgan fingerprint density at radius 3 is 2.69 bits per heavy atom. The second-order valence-electron chi connectivity index (χ2n) is 10.0. The lowest BCUT2D eigenvalue weighted by molar-refractivity contribution is 0.0991. The summed E-state index contributed by atoms with van der Waals surface area (Å²) in [6, 6.07) is 16.3. The average molecular weight is 481 g/mol. The number of hydrogen-bond acceptors (Lipinski definition) is 7. The van der Waals surface area contributed by atoms with Gasteiger partial charge in [-0.1, -0.05) is 24.3 Å². The van der Waals surface area contributed by atoms with E-state index in [1.807, 2.05) is 36.4 Å². The average Bonchev–Trinajstić information content (AvgIpc) is 2.88. The first-order valence-electron chi connectivity index (χ1n) is 12.6. The molecule has 1 aliphatic heterocycles. The Morgan fingerprint density at radius 2 is 1.89 bits per heavy atom. The number of hydrogen-bond donors (Lipinski definition) is 1. The van der Waals surface area contributed by atoms with Crippen molar-refractivity contribution in [2.24, 2.45) is 0 Å². The molecule has 7 heteroatoms. The molecule has 0 aliphatic carbocycles. The van der Waals surface area contributed by atoms with Gasteiger partial charge in [-0.05, 0) is 82.6 Å². The summed E-state index contributed by atoms with van der Waals surface area (Å²) in [4.78, 5) is 24.5. The van der Waals surface area contributed by atoms with Crippen molar-refractivity contribution in [3.8, 4) is 11.3 Å². The molecule has 0 amide bonds. The van der Waals surface area contributed by atoms with Crippen LogP contribution < -0.4 is 5.32 Å². The van der Waals surface area contributed by atoms with Gasteiger partial charge in [-0.25, -0.2) is 4.98 Å². The highest BCUT2D eigenvalue weighted by Crippen LogP contribution is 2.28. The van der Waals surface area contributed by atoms with Crippen molar-refractivity contribution in [1.82, 2.24) is 25.1 Å². The largest absolute Gasteiger partial charge is 0.367 e. The summed E-state index contributed by atoms with van der Waals surface area (Å²) in [5.41, 5.74) is 5.17. The topological polar surface area (TPSA) is 83.9 Å². The van der Waals surface area contributed by atoms with Crippen LogP contribution in [0.3, 0.4) is 0 Å². The van der Waals surface area contributed by atoms with Crippen LogP contribution in [-0.4, -0.2) is 57.0 Å². The van der Waals surface area contributed by atoms with E-state index < -0.39 is 0 Å². The summed E-state index contributed by atoms with van der Waals surface area (Å²) < 4.78 is 0. The summed E-state index contributed by atoms with van der Waals surface area (Å²) >= 11 is 0. The number of nitrogens with one attached hydrogen (secondary N) is 1. The van der Waals surface area contributed by atoms with Crippen LogP contribution in [0.4, 0.5) is 5.82 Å². The number of Topliss-reactive ketones (excluding diaryl/α,β-unsaturated/α-hetero) is 1. The zero-order valence-electron chi connectivity index (χ0n) is 21.1. The van der Waals surface area contributed by atoms with Crippen molar-refractivity contribution in [3.63, 3.8) is 0 Å². The third kappa shape index (κ3) is 5.57. The Morgan fingerprint density at radius 1 is 1.06 bits per heavy atom. The van der Waals surface area contributed by atoms with E-state index in [2.05, 4.69) is 63.4 Å². The number of rotatable bonds is 7. The van der Waals surface area contributed by atoms with E-state index >= 15 is 0 Å². The lowest BCUT2D eigenvalue weighted by atomic mass is 9.88. The minimum atomic E-state index is 0.0629. The van der Waals surface area contributed by atoms with Crippen molar-refractivity contribution in [2.45, 2.75) is 45.1 Å². The van der Waals surface area contributed by atoms with Crippen molar-refractivity contribution in [2.75, 3.05) is 25.5 Å². The van der Waals surface area contributed by atoms with Gasteiger partial charge in [-0.15, -0.1) is 0 Å². The van der Waals surface area contributed by atoms with Crippen molar-refractivity contribution >= 4 is 22.5 Å². The number of aromatic nitrogens is 4. The smallest absolute Gasteiger partial charge is 0.168 e. The van der Waals surface area contributed by atoms with E-state index in [1.165, 1.54) is 5.56 Å². The van der Waals surface area contributed by atoms with Gasteiger partial charge in [-0.3, -0.25) is 9.78 Å². The molecule has 1 aliphatic rings. The second-order valence-corrected chi connectivity index (χ2v) is 10.0. The fourth-order valence-corrected chi connectivity index (χ4v) is 4.78. The zero-order chi connectivity index (χ0) is 25.1. The van der Waals surface area contributed by atoms with Gasteiger partial charge < -0.3 is 10.2 Å². The van der Waals surface area contributed by atoms with Crippen LogP contribution in [0.2, 0.25) is 0 Å². The van der Waals surface area contributed by atoms with E-state index in [-0.39, 0.29) is 18.2 Å². The summed E-state index contributed by atoms with van der Waals surface area (Å²) in [5.74, 6) is 1.32. The molecule has 0 saturated carbocycles. The molecule has 0 unspecified atom stereocenters. The van der Waals surface area contributed by atoms with Crippen LogP contribution in [-0.2, 0) is 6.42 Å². The molecule has 1 N–H and O–H groups in total. The van der Waals surface area contributed by atoms with E-state index in [4.69, 9.17) is 0 Å². The monoisotopic (exact) mass is 480 g/mol. The molecule has 7 nitrogen and oxygen atoms in total. The molecule has 184 valence electrons. The Balaban J connectivity index is 1.35. The Hall–Kier alpha value is -3.71. The molecule has 3 heterocycles. The number of anilines is 1. The van der Waals surface area contributed by atoms with Gasteiger partial charge in [-0.2, -0.15) is 10.2 Å². The van der Waals surface area contributed by atoms with Crippen LogP contribution in [0.5, 0.6) is 0 Å². The molecule has 1 fully saturated rings. The van der Waals surface area contributed by atoms with Gasteiger partial charge in [0.2, 0.25) is 0 Å². The van der Waals surface area contributed by atoms with Crippen molar-refractivity contribution in [3.05, 3.63) is 77.7 Å². The molecule has 0 atom stereocenters. The number of fused-ring (bicyclic) bond motifs is 1. The SMILES string of the molecule is CC(C)Nc1cncc(-c2ccc3nnc(CC(=O)c4cccc(C5CCN(C)CC5)c4)cc3c2)n1. The molecule has 2 aromatic heterocycles. The van der Waals surface area contributed by atoms with Crippen LogP contribution >= 0.6 is 0 Å². The number of carbonyl (C=O) groups excluding carboxylic acids is 1. The summed E-state index contributed by atoms with van der Waals surface area (Å²) in [7, 11) is 2.16. The number of ketones is 1. The number of nitrogens with zero attached hydrogens (tertiary/aromatic N) is 5. The number of carbonyl (C=O) groups is 1. The molecular formula is C29H32N6O. The maximum atomic E-state index is 13.1. The van der Waals surface area contributed by atoms with E-state index in [9.17, 15) is 4.79 Å². The van der Waals surface area contributed by atoms with E-state index in [0.717, 1.165) is 59.5 Å². The minimum absolute atomic E-state index is 0.0629. The molecule has 2 aromatic carbocycles. The lowest BCUT2D eigenvalue weighted by Gasteiger charge is -2.29. The van der Waals surface area contributed by atoms with Crippen molar-refractivity contribution in [1.29, 1.82) is 0 Å². The summed E-state index contributed by atoms with van der Waals surface area (Å²) in [6.07, 6.45) is 5.96. The summed E-state index contributed by atoms with van der Waals surface area (Å²) in [5, 5.41) is 12.9. The molecule has 5 rings (SSSR count).